The topological polar surface area (TPSA) is 185 Å². The summed E-state index contributed by atoms with van der Waals surface area (Å²) in [6.07, 6.45) is 14.3. The van der Waals surface area contributed by atoms with Crippen LogP contribution in [0.15, 0.2) is 79.1 Å². The Morgan fingerprint density at radius 1 is 1.06 bits per heavy atom. The molecule has 4 aromatic rings. The standard InChI is InChI=1S/C14H26N2O2.C12H14N2O.C11H9FNO2PS.C6H13NO2.C6H6O/c1-13(15-9-11-18-12-10-15)5-4-6-14(17)16-7-2-3-8-16;15-9-14-8-11(6-12(14)3-4-12)10-2-1-5-13-7-10;1-13-11(14)9-5-7-4-6(10(12)16-15)2-3-8(7)17-9;1-3-4-9-6(8)5(2)7;7-6-4-2-1-3-5-6/h13H,2-12H2,1H3;1-2,5,7,9,11H,3-4,6,8H2;2-5,10H,1H3,(H,13,14);5H,3-4,7H2,1-2H3;1-5,7H. The summed E-state index contributed by atoms with van der Waals surface area (Å²) >= 11 is 1.34. The van der Waals surface area contributed by atoms with Gasteiger partial charge in [-0.05, 0) is 118 Å². The number of hydrogen-bond acceptors (Lipinski definition) is 12. The van der Waals surface area contributed by atoms with Crippen molar-refractivity contribution in [3.8, 4) is 5.75 Å². The maximum absolute atomic E-state index is 13.2. The van der Waals surface area contributed by atoms with Gasteiger partial charge in [-0.15, -0.1) is 11.3 Å². The van der Waals surface area contributed by atoms with Gasteiger partial charge in [0.25, 0.3) is 5.91 Å². The van der Waals surface area contributed by atoms with Gasteiger partial charge in [0, 0.05) is 80.8 Å². The number of esters is 1. The van der Waals surface area contributed by atoms with Gasteiger partial charge in [-0.2, -0.15) is 0 Å². The highest BCUT2D eigenvalue weighted by atomic mass is 32.1. The molecule has 4 unspecified atom stereocenters. The summed E-state index contributed by atoms with van der Waals surface area (Å²) in [6, 6.07) is 19.5. The number of rotatable bonds is 13. The molecule has 66 heavy (non-hydrogen) atoms. The third kappa shape index (κ3) is 17.4. The van der Waals surface area contributed by atoms with Crippen LogP contribution in [-0.2, 0) is 28.4 Å². The average Bonchev–Trinajstić information content (AvgIpc) is 3.66. The number of amides is 3. The Bertz CT molecular complexity index is 2080. The number of nitrogens with two attached hydrogens (primary N) is 1. The van der Waals surface area contributed by atoms with Gasteiger partial charge in [-0.1, -0.05) is 37.3 Å². The molecule has 2 aromatic carbocycles. The van der Waals surface area contributed by atoms with E-state index in [0.29, 0.717) is 40.7 Å². The van der Waals surface area contributed by atoms with E-state index in [2.05, 4.69) is 32.9 Å². The fourth-order valence-electron chi connectivity index (χ4n) is 7.84. The van der Waals surface area contributed by atoms with E-state index in [0.717, 1.165) is 94.5 Å². The van der Waals surface area contributed by atoms with Crippen molar-refractivity contribution in [3.63, 3.8) is 0 Å². The van der Waals surface area contributed by atoms with E-state index in [1.807, 2.05) is 35.1 Å². The minimum atomic E-state index is -1.51. The number of alkyl halides is 1. The fraction of sp³-hybridized carbons (Fsp3) is 0.531. The summed E-state index contributed by atoms with van der Waals surface area (Å²) in [7, 11) is 1.01. The van der Waals surface area contributed by atoms with E-state index in [1.165, 1.54) is 42.6 Å². The molecule has 0 bridgehead atoms. The number of morpholine rings is 1. The van der Waals surface area contributed by atoms with Crippen LogP contribution in [0.4, 0.5) is 4.39 Å². The zero-order valence-corrected chi connectivity index (χ0v) is 40.5. The molecule has 3 amide bonds. The molecular formula is C49H68FN6O8PS. The van der Waals surface area contributed by atoms with Gasteiger partial charge in [0.15, 0.2) is 8.46 Å². The van der Waals surface area contributed by atoms with Crippen molar-refractivity contribution in [1.29, 1.82) is 0 Å². The number of phenols is 1. The molecule has 4 aliphatic rings. The second-order valence-electron chi connectivity index (χ2n) is 16.9. The zero-order chi connectivity index (χ0) is 47.9. The third-order valence-corrected chi connectivity index (χ3v) is 13.4. The van der Waals surface area contributed by atoms with Crippen LogP contribution in [-0.4, -0.2) is 126 Å². The van der Waals surface area contributed by atoms with E-state index in [-0.39, 0.29) is 17.4 Å². The Labute approximate surface area is 394 Å². The number of carbonyl (C=O) groups excluding carboxylic acids is 4. The number of hydrogen-bond donors (Lipinski definition) is 3. The van der Waals surface area contributed by atoms with Crippen molar-refractivity contribution in [2.75, 3.05) is 59.6 Å². The molecule has 17 heteroatoms. The highest BCUT2D eigenvalue weighted by Crippen LogP contribution is 2.53. The van der Waals surface area contributed by atoms with E-state index < -0.39 is 20.4 Å². The number of thiophene rings is 1. The van der Waals surface area contributed by atoms with Crippen LogP contribution in [0.3, 0.4) is 0 Å². The van der Waals surface area contributed by atoms with Crippen molar-refractivity contribution in [2.24, 2.45) is 5.73 Å². The van der Waals surface area contributed by atoms with Crippen LogP contribution in [0, 0.1) is 0 Å². The molecule has 0 radical (unpaired) electrons. The lowest BCUT2D eigenvalue weighted by Crippen LogP contribution is -2.42. The Hall–Kier alpha value is -4.86. The van der Waals surface area contributed by atoms with Crippen molar-refractivity contribution < 1.29 is 42.7 Å². The molecule has 1 spiro atoms. The van der Waals surface area contributed by atoms with Crippen molar-refractivity contribution in [3.05, 3.63) is 95.1 Å². The number of nitrogens with zero attached hydrogens (tertiary/aromatic N) is 4. The molecule has 4 N–H and O–H groups in total. The normalized spacial score (nSPS) is 18.4. The lowest BCUT2D eigenvalue weighted by Gasteiger charge is -2.32. The molecule has 5 heterocycles. The summed E-state index contributed by atoms with van der Waals surface area (Å²) in [4.78, 5) is 56.0. The van der Waals surface area contributed by atoms with Gasteiger partial charge < -0.3 is 35.4 Å². The zero-order valence-electron chi connectivity index (χ0n) is 38.8. The molecule has 14 nitrogen and oxygen atoms in total. The van der Waals surface area contributed by atoms with E-state index in [9.17, 15) is 28.1 Å². The molecule has 3 saturated heterocycles. The fourth-order valence-corrected chi connectivity index (χ4v) is 9.12. The predicted molar refractivity (Wildman–Crippen MR) is 258 cm³/mol. The Morgan fingerprint density at radius 2 is 1.77 bits per heavy atom. The van der Waals surface area contributed by atoms with Crippen LogP contribution >= 0.6 is 19.8 Å². The van der Waals surface area contributed by atoms with E-state index >= 15 is 0 Å². The number of nitrogens with one attached hydrogen (secondary N) is 1. The van der Waals surface area contributed by atoms with Crippen LogP contribution in [0.25, 0.3) is 10.1 Å². The Kier molecular flexibility index (Phi) is 23.1. The van der Waals surface area contributed by atoms with Gasteiger partial charge in [-0.25, -0.2) is 4.39 Å². The highest BCUT2D eigenvalue weighted by Gasteiger charge is 2.54. The molecular weight excluding hydrogens is 883 g/mol. The number of aromatic hydroxyl groups is 1. The van der Waals surface area contributed by atoms with Crippen LogP contribution in [0.1, 0.15) is 111 Å². The molecule has 8 rings (SSSR count). The van der Waals surface area contributed by atoms with Gasteiger partial charge >= 0.3 is 5.97 Å². The summed E-state index contributed by atoms with van der Waals surface area (Å²) in [5.74, 6) is -0.818. The largest absolute Gasteiger partial charge is 0.508 e. The molecule has 3 aliphatic heterocycles. The lowest BCUT2D eigenvalue weighted by atomic mass is 9.97. The van der Waals surface area contributed by atoms with Gasteiger partial charge in [-0.3, -0.25) is 33.6 Å². The Morgan fingerprint density at radius 3 is 2.32 bits per heavy atom. The number of phenolic OH excluding ortho intramolecular Hbond substituents is 1. The number of ether oxygens (including phenoxy) is 2. The summed E-state index contributed by atoms with van der Waals surface area (Å²) in [5, 5.41) is 12.0. The summed E-state index contributed by atoms with van der Waals surface area (Å²) in [6.45, 7) is 12.9. The van der Waals surface area contributed by atoms with Gasteiger partial charge in [0.2, 0.25) is 18.2 Å². The number of benzene rings is 2. The molecule has 4 atom stereocenters. The first kappa shape index (κ1) is 53.8. The van der Waals surface area contributed by atoms with Crippen LogP contribution < -0.4 is 11.1 Å². The number of para-hydroxylation sites is 1. The van der Waals surface area contributed by atoms with Gasteiger partial charge in [0.1, 0.15) is 11.8 Å². The third-order valence-electron chi connectivity index (χ3n) is 11.8. The van der Waals surface area contributed by atoms with Crippen LogP contribution in [0.2, 0.25) is 0 Å². The minimum Gasteiger partial charge on any atom is -0.508 e. The summed E-state index contributed by atoms with van der Waals surface area (Å²) < 4.78 is 34.6. The number of likely N-dealkylation sites (tertiary alicyclic amines) is 2. The molecule has 360 valence electrons. The predicted octanol–water partition coefficient (Wildman–Crippen LogP) is 8.26. The molecule has 1 saturated carbocycles. The van der Waals surface area contributed by atoms with Crippen molar-refractivity contribution >= 4 is 54.1 Å². The van der Waals surface area contributed by atoms with E-state index in [1.54, 1.807) is 68.7 Å². The number of aromatic nitrogens is 1. The lowest BCUT2D eigenvalue weighted by molar-refractivity contribution is -0.144. The number of pyridine rings is 1. The smallest absolute Gasteiger partial charge is 0.322 e. The SMILES string of the molecule is CC(CCCC(=O)N1CCCC1)N1CCOCC1.CCCOC(=O)C(C)N.CNC(=O)c1cc2cc(C(F)P=O)ccc2s1.O=CN1CC(c2cccnc2)CC12CC2.Oc1ccccc1. The highest BCUT2D eigenvalue weighted by molar-refractivity contribution is 7.24. The quantitative estimate of drug-likeness (QED) is 0.0666. The monoisotopic (exact) mass is 950 g/mol. The second-order valence-corrected chi connectivity index (χ2v) is 18.6. The average molecular weight is 951 g/mol. The number of carbonyl (C=O) groups is 4. The Balaban J connectivity index is 0.000000187. The number of fused-ring (bicyclic) bond motifs is 1. The minimum absolute atomic E-state index is 0.161. The maximum Gasteiger partial charge on any atom is 0.322 e. The van der Waals surface area contributed by atoms with Crippen molar-refractivity contribution in [1.82, 2.24) is 25.0 Å². The molecule has 1 aliphatic carbocycles. The second kappa shape index (κ2) is 28.3. The molecule has 2 aromatic heterocycles. The van der Waals surface area contributed by atoms with Crippen molar-refractivity contribution in [2.45, 2.75) is 108 Å². The van der Waals surface area contributed by atoms with Gasteiger partial charge in [0.05, 0.1) is 24.7 Å². The van der Waals surface area contributed by atoms with E-state index in [4.69, 9.17) is 15.6 Å². The molecule has 4 fully saturated rings. The number of halogens is 1. The van der Waals surface area contributed by atoms with Crippen LogP contribution in [0.5, 0.6) is 5.75 Å². The first-order valence-corrected chi connectivity index (χ1v) is 24.6. The maximum atomic E-state index is 13.2. The first-order valence-electron chi connectivity index (χ1n) is 22.9. The first-order chi connectivity index (χ1) is 31.8. The summed E-state index contributed by atoms with van der Waals surface area (Å²) in [5.41, 5.74) is 7.05.